The van der Waals surface area contributed by atoms with Crippen LogP contribution >= 0.6 is 0 Å². The van der Waals surface area contributed by atoms with Crippen LogP contribution in [-0.2, 0) is 11.8 Å². The molecule has 0 fully saturated rings. The van der Waals surface area contributed by atoms with Gasteiger partial charge in [-0.25, -0.2) is 4.99 Å². The maximum Gasteiger partial charge on any atom is 0.223 e. The van der Waals surface area contributed by atoms with Gasteiger partial charge in [0.1, 0.15) is 5.69 Å². The van der Waals surface area contributed by atoms with Crippen molar-refractivity contribution in [3.8, 4) is 0 Å². The predicted octanol–water partition coefficient (Wildman–Crippen LogP) is 1.86. The summed E-state index contributed by atoms with van der Waals surface area (Å²) in [5, 5.41) is 2.55. The quantitative estimate of drug-likeness (QED) is 0.491. The van der Waals surface area contributed by atoms with Gasteiger partial charge in [0.15, 0.2) is 11.6 Å². The zero-order chi connectivity index (χ0) is 13.7. The number of aliphatic imine (C=N–C) groups is 1. The number of ketones is 1. The van der Waals surface area contributed by atoms with Gasteiger partial charge in [-0.3, -0.25) is 14.9 Å². The number of carbonyl (C=O) groups is 2. The first-order chi connectivity index (χ1) is 8.47. The van der Waals surface area contributed by atoms with Crippen LogP contribution in [0.5, 0.6) is 0 Å². The molecule has 0 aliphatic heterocycles. The summed E-state index contributed by atoms with van der Waals surface area (Å²) in [4.78, 5) is 30.8. The minimum Gasteiger partial charge on any atom is -0.309 e. The standard InChI is InChI=1S/C12H16N4O2/c1-5-6-7-13-11-10(8(2)17)16(4)12(15-11)14-9(3)18/h5,7H,1,6H2,2-4H3,(H,14,15,18). The van der Waals surface area contributed by atoms with E-state index in [0.717, 1.165) is 0 Å². The van der Waals surface area contributed by atoms with Crippen LogP contribution < -0.4 is 5.32 Å². The molecule has 0 aliphatic carbocycles. The van der Waals surface area contributed by atoms with Crippen molar-refractivity contribution in [2.45, 2.75) is 20.3 Å². The van der Waals surface area contributed by atoms with Crippen molar-refractivity contribution in [1.82, 2.24) is 9.55 Å². The van der Waals surface area contributed by atoms with Gasteiger partial charge in [0.25, 0.3) is 0 Å². The Balaban J connectivity index is 3.19. The molecule has 0 aromatic carbocycles. The van der Waals surface area contributed by atoms with E-state index in [0.29, 0.717) is 23.9 Å². The number of allylic oxidation sites excluding steroid dienone is 1. The van der Waals surface area contributed by atoms with Crippen LogP contribution in [0.25, 0.3) is 0 Å². The molecule has 0 atom stereocenters. The van der Waals surface area contributed by atoms with E-state index in [-0.39, 0.29) is 11.7 Å². The van der Waals surface area contributed by atoms with Crippen molar-refractivity contribution in [1.29, 1.82) is 0 Å². The lowest BCUT2D eigenvalue weighted by Gasteiger charge is -2.02. The number of imidazole rings is 1. The Morgan fingerprint density at radius 3 is 2.67 bits per heavy atom. The Bertz CT molecular complexity index is 514. The van der Waals surface area contributed by atoms with Crippen molar-refractivity contribution in [2.24, 2.45) is 12.0 Å². The van der Waals surface area contributed by atoms with Crippen molar-refractivity contribution in [2.75, 3.05) is 5.32 Å². The van der Waals surface area contributed by atoms with Gasteiger partial charge in [-0.05, 0) is 0 Å². The molecule has 1 aromatic rings. The maximum absolute atomic E-state index is 11.6. The third kappa shape index (κ3) is 3.13. The van der Waals surface area contributed by atoms with Gasteiger partial charge in [-0.1, -0.05) is 6.08 Å². The van der Waals surface area contributed by atoms with Crippen LogP contribution in [0.1, 0.15) is 30.8 Å². The Morgan fingerprint density at radius 2 is 2.17 bits per heavy atom. The summed E-state index contributed by atoms with van der Waals surface area (Å²) < 4.78 is 1.52. The minimum atomic E-state index is -0.250. The van der Waals surface area contributed by atoms with Crippen LogP contribution in [0.3, 0.4) is 0 Å². The van der Waals surface area contributed by atoms with Gasteiger partial charge in [-0.2, -0.15) is 4.98 Å². The van der Waals surface area contributed by atoms with Crippen molar-refractivity contribution < 1.29 is 9.59 Å². The highest BCUT2D eigenvalue weighted by Crippen LogP contribution is 2.22. The van der Waals surface area contributed by atoms with Gasteiger partial charge in [-0.15, -0.1) is 6.58 Å². The fourth-order valence-corrected chi connectivity index (χ4v) is 1.45. The first-order valence-corrected chi connectivity index (χ1v) is 5.46. The summed E-state index contributed by atoms with van der Waals surface area (Å²) in [7, 11) is 1.65. The van der Waals surface area contributed by atoms with E-state index in [2.05, 4.69) is 21.9 Å². The Morgan fingerprint density at radius 1 is 1.50 bits per heavy atom. The highest BCUT2D eigenvalue weighted by molar-refractivity contribution is 5.98. The van der Waals surface area contributed by atoms with E-state index < -0.39 is 0 Å². The molecule has 96 valence electrons. The number of nitrogens with one attached hydrogen (secondary N) is 1. The first kappa shape index (κ1) is 13.8. The number of amides is 1. The molecule has 0 aliphatic rings. The van der Waals surface area contributed by atoms with E-state index in [1.54, 1.807) is 19.3 Å². The summed E-state index contributed by atoms with van der Waals surface area (Å²) in [6.45, 7) is 6.38. The molecule has 6 nitrogen and oxygen atoms in total. The summed E-state index contributed by atoms with van der Waals surface area (Å²) in [6.07, 6.45) is 3.89. The van der Waals surface area contributed by atoms with Crippen molar-refractivity contribution >= 4 is 29.7 Å². The normalized spacial score (nSPS) is 10.6. The SMILES string of the molecule is C=CCC=Nc1nc(NC(C)=O)n(C)c1C(C)=O. The topological polar surface area (TPSA) is 76.3 Å². The van der Waals surface area contributed by atoms with Gasteiger partial charge in [0, 0.05) is 33.5 Å². The number of hydrogen-bond acceptors (Lipinski definition) is 4. The van der Waals surface area contributed by atoms with Gasteiger partial charge in [0.2, 0.25) is 11.9 Å². The second kappa shape index (κ2) is 5.90. The average molecular weight is 248 g/mol. The first-order valence-electron chi connectivity index (χ1n) is 5.46. The van der Waals surface area contributed by atoms with Crippen molar-refractivity contribution in [3.05, 3.63) is 18.3 Å². The fraction of sp³-hybridized carbons (Fsp3) is 0.333. The van der Waals surface area contributed by atoms with Crippen LogP contribution in [-0.4, -0.2) is 27.5 Å². The minimum absolute atomic E-state index is 0.160. The molecule has 1 aromatic heterocycles. The summed E-state index contributed by atoms with van der Waals surface area (Å²) in [5.41, 5.74) is 0.360. The van der Waals surface area contributed by atoms with Gasteiger partial charge < -0.3 is 4.57 Å². The molecular formula is C12H16N4O2. The molecule has 0 saturated heterocycles. The zero-order valence-electron chi connectivity index (χ0n) is 10.7. The zero-order valence-corrected chi connectivity index (χ0v) is 10.7. The Kier molecular flexibility index (Phi) is 4.53. The van der Waals surface area contributed by atoms with E-state index in [9.17, 15) is 9.59 Å². The lowest BCUT2D eigenvalue weighted by atomic mass is 10.3. The smallest absolute Gasteiger partial charge is 0.223 e. The second-order valence-electron chi connectivity index (χ2n) is 3.74. The third-order valence-electron chi connectivity index (χ3n) is 2.18. The molecule has 1 amide bonds. The highest BCUT2D eigenvalue weighted by atomic mass is 16.1. The van der Waals surface area contributed by atoms with E-state index >= 15 is 0 Å². The number of carbonyl (C=O) groups excluding carboxylic acids is 2. The number of rotatable bonds is 5. The van der Waals surface area contributed by atoms with E-state index in [4.69, 9.17) is 0 Å². The van der Waals surface area contributed by atoms with Crippen molar-refractivity contribution in [3.63, 3.8) is 0 Å². The number of anilines is 1. The average Bonchev–Trinajstić information content (AvgIpc) is 2.55. The summed E-state index contributed by atoms with van der Waals surface area (Å²) >= 11 is 0. The van der Waals surface area contributed by atoms with Gasteiger partial charge in [0.05, 0.1) is 0 Å². The Labute approximate surface area is 105 Å². The molecule has 1 N–H and O–H groups in total. The van der Waals surface area contributed by atoms with E-state index in [1.165, 1.54) is 18.4 Å². The molecule has 6 heteroatoms. The summed E-state index contributed by atoms with van der Waals surface area (Å²) in [6, 6.07) is 0. The number of hydrogen-bond donors (Lipinski definition) is 1. The van der Waals surface area contributed by atoms with Crippen LogP contribution in [0.2, 0.25) is 0 Å². The highest BCUT2D eigenvalue weighted by Gasteiger charge is 2.17. The third-order valence-corrected chi connectivity index (χ3v) is 2.18. The summed E-state index contributed by atoms with van der Waals surface area (Å²) in [5.74, 6) is 0.196. The fourth-order valence-electron chi connectivity index (χ4n) is 1.45. The number of nitrogens with zero attached hydrogens (tertiary/aromatic N) is 3. The number of aromatic nitrogens is 2. The maximum atomic E-state index is 11.6. The van der Waals surface area contributed by atoms with Gasteiger partial charge >= 0.3 is 0 Å². The molecule has 0 unspecified atom stereocenters. The molecule has 0 saturated carbocycles. The molecule has 0 radical (unpaired) electrons. The van der Waals surface area contributed by atoms with Crippen LogP contribution in [0, 0.1) is 0 Å². The van der Waals surface area contributed by atoms with Crippen LogP contribution in [0.15, 0.2) is 17.6 Å². The predicted molar refractivity (Wildman–Crippen MR) is 70.5 cm³/mol. The lowest BCUT2D eigenvalue weighted by molar-refractivity contribution is -0.114. The molecule has 1 heterocycles. The number of Topliss-reactive ketones (excluding diaryl/α,β-unsaturated/α-hetero) is 1. The van der Waals surface area contributed by atoms with Crippen LogP contribution in [0.4, 0.5) is 11.8 Å². The lowest BCUT2D eigenvalue weighted by Crippen LogP contribution is -2.12. The monoisotopic (exact) mass is 248 g/mol. The molecular weight excluding hydrogens is 232 g/mol. The Hall–Kier alpha value is -2.24. The molecule has 0 spiro atoms. The van der Waals surface area contributed by atoms with E-state index in [1.807, 2.05) is 0 Å². The largest absolute Gasteiger partial charge is 0.309 e. The molecule has 0 bridgehead atoms. The molecule has 1 rings (SSSR count). The molecule has 18 heavy (non-hydrogen) atoms. The second-order valence-corrected chi connectivity index (χ2v) is 3.74.